The number of hydrogen-bond acceptors (Lipinski definition) is 3. The van der Waals surface area contributed by atoms with E-state index in [2.05, 4.69) is 41.8 Å². The van der Waals surface area contributed by atoms with E-state index in [0.29, 0.717) is 6.42 Å². The Morgan fingerprint density at radius 1 is 1.47 bits per heavy atom. The average molecular weight is 343 g/mol. The zero-order valence-corrected chi connectivity index (χ0v) is 14.0. The Kier molecular flexibility index (Phi) is 4.18. The highest BCUT2D eigenvalue weighted by molar-refractivity contribution is 9.10. The molecule has 2 rings (SSSR count). The molecule has 0 radical (unpaired) electrons. The van der Waals surface area contributed by atoms with Gasteiger partial charge in [-0.25, -0.2) is 0 Å². The highest BCUT2D eigenvalue weighted by Crippen LogP contribution is 2.32. The van der Waals surface area contributed by atoms with Crippen LogP contribution >= 0.6 is 27.3 Å². The highest BCUT2D eigenvalue weighted by Gasteiger charge is 2.26. The minimum atomic E-state index is -0.516. The molecule has 5 heteroatoms. The molecule has 0 amide bonds. The van der Waals surface area contributed by atoms with E-state index in [1.807, 2.05) is 24.7 Å². The van der Waals surface area contributed by atoms with Crippen molar-refractivity contribution in [1.29, 1.82) is 0 Å². The van der Waals surface area contributed by atoms with Gasteiger partial charge in [-0.2, -0.15) is 5.10 Å². The van der Waals surface area contributed by atoms with E-state index >= 15 is 0 Å². The number of hydrogen-bond donors (Lipinski definition) is 1. The van der Waals surface area contributed by atoms with Crippen LogP contribution in [0.25, 0.3) is 0 Å². The summed E-state index contributed by atoms with van der Waals surface area (Å²) in [5, 5.41) is 17.0. The third kappa shape index (κ3) is 3.27. The van der Waals surface area contributed by atoms with Gasteiger partial charge in [-0.15, -0.1) is 11.3 Å². The normalized spacial score (nSPS) is 13.8. The van der Waals surface area contributed by atoms with Gasteiger partial charge in [0.1, 0.15) is 0 Å². The number of nitrogens with zero attached hydrogens (tertiary/aromatic N) is 2. The molecule has 2 heterocycles. The van der Waals surface area contributed by atoms with E-state index in [9.17, 15) is 5.11 Å². The fourth-order valence-corrected chi connectivity index (χ4v) is 3.64. The number of aliphatic hydroxyl groups excluding tert-OH is 1. The summed E-state index contributed by atoms with van der Waals surface area (Å²) in [6, 6.07) is 2.01. The van der Waals surface area contributed by atoms with Gasteiger partial charge in [0.05, 0.1) is 11.8 Å². The molecule has 1 unspecified atom stereocenters. The van der Waals surface area contributed by atoms with E-state index in [0.717, 1.165) is 20.6 Å². The van der Waals surface area contributed by atoms with Crippen molar-refractivity contribution in [2.45, 2.75) is 38.7 Å². The van der Waals surface area contributed by atoms with Gasteiger partial charge in [-0.05, 0) is 27.4 Å². The number of halogens is 1. The van der Waals surface area contributed by atoms with Crippen molar-refractivity contribution >= 4 is 27.3 Å². The van der Waals surface area contributed by atoms with Crippen molar-refractivity contribution in [3.63, 3.8) is 0 Å². The van der Waals surface area contributed by atoms with E-state index < -0.39 is 6.10 Å². The summed E-state index contributed by atoms with van der Waals surface area (Å²) < 4.78 is 2.85. The van der Waals surface area contributed by atoms with Crippen LogP contribution in [0.2, 0.25) is 0 Å². The zero-order valence-electron chi connectivity index (χ0n) is 11.6. The minimum Gasteiger partial charge on any atom is -0.388 e. The lowest BCUT2D eigenvalue weighted by Gasteiger charge is -2.19. The second-order valence-electron chi connectivity index (χ2n) is 5.77. The average Bonchev–Trinajstić information content (AvgIpc) is 2.85. The second kappa shape index (κ2) is 5.38. The molecule has 1 N–H and O–H groups in total. The predicted octanol–water partition coefficient (Wildman–Crippen LogP) is 3.82. The Balaban J connectivity index is 2.29. The molecule has 0 fully saturated rings. The maximum absolute atomic E-state index is 10.5. The van der Waals surface area contributed by atoms with Gasteiger partial charge in [0.25, 0.3) is 0 Å². The van der Waals surface area contributed by atoms with Crippen molar-refractivity contribution in [3.8, 4) is 0 Å². The Hall–Kier alpha value is -0.650. The molecular weight excluding hydrogens is 324 g/mol. The second-order valence-corrected chi connectivity index (χ2v) is 7.62. The fraction of sp³-hybridized carbons (Fsp3) is 0.500. The maximum Gasteiger partial charge on any atom is 0.0872 e. The van der Waals surface area contributed by atoms with Crippen molar-refractivity contribution in [2.24, 2.45) is 7.05 Å². The van der Waals surface area contributed by atoms with E-state index in [4.69, 9.17) is 0 Å². The first-order chi connectivity index (χ1) is 8.79. The van der Waals surface area contributed by atoms with Crippen LogP contribution in [-0.2, 0) is 18.9 Å². The molecule has 0 aliphatic carbocycles. The molecule has 104 valence electrons. The SMILES string of the molecule is Cn1cc(C(O)Cc2sccc2Br)c(C(C)(C)C)n1. The lowest BCUT2D eigenvalue weighted by Crippen LogP contribution is -2.16. The summed E-state index contributed by atoms with van der Waals surface area (Å²) >= 11 is 5.17. The smallest absolute Gasteiger partial charge is 0.0872 e. The predicted molar refractivity (Wildman–Crippen MR) is 82.6 cm³/mol. The van der Waals surface area contributed by atoms with Crippen molar-refractivity contribution in [3.05, 3.63) is 38.3 Å². The van der Waals surface area contributed by atoms with Gasteiger partial charge >= 0.3 is 0 Å². The first kappa shape index (κ1) is 14.8. The van der Waals surface area contributed by atoms with Gasteiger partial charge in [-0.1, -0.05) is 20.8 Å². The molecule has 0 bridgehead atoms. The van der Waals surface area contributed by atoms with Crippen LogP contribution in [0.1, 0.15) is 43.0 Å². The molecule has 0 aliphatic rings. The Bertz CT molecular complexity index is 568. The van der Waals surface area contributed by atoms with Gasteiger partial charge in [0, 0.05) is 40.0 Å². The van der Waals surface area contributed by atoms with Crippen LogP contribution in [0.15, 0.2) is 22.1 Å². The van der Waals surface area contributed by atoms with Crippen LogP contribution in [0.4, 0.5) is 0 Å². The number of aliphatic hydroxyl groups is 1. The monoisotopic (exact) mass is 342 g/mol. The third-order valence-corrected chi connectivity index (χ3v) is 4.94. The first-order valence-electron chi connectivity index (χ1n) is 6.23. The van der Waals surface area contributed by atoms with E-state index in [-0.39, 0.29) is 5.41 Å². The van der Waals surface area contributed by atoms with Crippen LogP contribution < -0.4 is 0 Å². The molecule has 0 spiro atoms. The third-order valence-electron chi connectivity index (χ3n) is 3.00. The zero-order chi connectivity index (χ0) is 14.2. The largest absolute Gasteiger partial charge is 0.388 e. The van der Waals surface area contributed by atoms with Crippen molar-refractivity contribution in [1.82, 2.24) is 9.78 Å². The molecule has 3 nitrogen and oxygen atoms in total. The van der Waals surface area contributed by atoms with E-state index in [1.165, 1.54) is 0 Å². The standard InChI is InChI=1S/C14H19BrN2OS/c1-14(2,3)13-9(8-17(4)16-13)11(18)7-12-10(15)5-6-19-12/h5-6,8,11,18H,7H2,1-4H3. The summed E-state index contributed by atoms with van der Waals surface area (Å²) in [4.78, 5) is 1.16. The summed E-state index contributed by atoms with van der Waals surface area (Å²) in [6.07, 6.45) is 2.03. The number of thiophene rings is 1. The van der Waals surface area contributed by atoms with Crippen molar-refractivity contribution < 1.29 is 5.11 Å². The highest BCUT2D eigenvalue weighted by atomic mass is 79.9. The number of aryl methyl sites for hydroxylation is 1. The lowest BCUT2D eigenvalue weighted by molar-refractivity contribution is 0.176. The van der Waals surface area contributed by atoms with Crippen LogP contribution in [-0.4, -0.2) is 14.9 Å². The van der Waals surface area contributed by atoms with Crippen molar-refractivity contribution in [2.75, 3.05) is 0 Å². The number of rotatable bonds is 3. The molecule has 0 saturated carbocycles. The van der Waals surface area contributed by atoms with E-state index in [1.54, 1.807) is 16.0 Å². The lowest BCUT2D eigenvalue weighted by atomic mass is 9.87. The summed E-state index contributed by atoms with van der Waals surface area (Å²) in [5.74, 6) is 0. The number of aromatic nitrogens is 2. The summed E-state index contributed by atoms with van der Waals surface area (Å²) in [7, 11) is 1.90. The van der Waals surface area contributed by atoms with Gasteiger partial charge in [0.2, 0.25) is 0 Å². The summed E-state index contributed by atoms with van der Waals surface area (Å²) in [5.41, 5.74) is 1.83. The van der Waals surface area contributed by atoms with Gasteiger partial charge in [0.15, 0.2) is 0 Å². The molecule has 2 aromatic rings. The Morgan fingerprint density at radius 2 is 2.16 bits per heavy atom. The Labute approximate surface area is 126 Å². The minimum absolute atomic E-state index is 0.0652. The van der Waals surface area contributed by atoms with Gasteiger partial charge < -0.3 is 5.11 Å². The topological polar surface area (TPSA) is 38.0 Å². The molecular formula is C14H19BrN2OS. The molecule has 1 atom stereocenters. The maximum atomic E-state index is 10.5. The van der Waals surface area contributed by atoms with Gasteiger partial charge in [-0.3, -0.25) is 4.68 Å². The summed E-state index contributed by atoms with van der Waals surface area (Å²) in [6.45, 7) is 6.35. The molecule has 0 saturated heterocycles. The fourth-order valence-electron chi connectivity index (χ4n) is 2.09. The quantitative estimate of drug-likeness (QED) is 0.920. The molecule has 0 aliphatic heterocycles. The van der Waals surface area contributed by atoms with Crippen LogP contribution in [0.5, 0.6) is 0 Å². The van der Waals surface area contributed by atoms with Crippen LogP contribution in [0, 0.1) is 0 Å². The Morgan fingerprint density at radius 3 is 2.68 bits per heavy atom. The first-order valence-corrected chi connectivity index (χ1v) is 7.90. The molecule has 0 aromatic carbocycles. The van der Waals surface area contributed by atoms with Crippen LogP contribution in [0.3, 0.4) is 0 Å². The molecule has 2 aromatic heterocycles. The molecule has 19 heavy (non-hydrogen) atoms.